The molecule has 0 saturated carbocycles. The SMILES string of the molecule is CCC[NH+]1CC[NH+]([C@H]2C[NH2+]Cc3cc(OC)ccc32)CC1. The lowest BCUT2D eigenvalue weighted by Crippen LogP contribution is -3.29. The summed E-state index contributed by atoms with van der Waals surface area (Å²) in [5, 5.41) is 2.46. The van der Waals surface area contributed by atoms with Gasteiger partial charge in [0.1, 0.15) is 45.0 Å². The van der Waals surface area contributed by atoms with Crippen molar-refractivity contribution >= 4 is 0 Å². The van der Waals surface area contributed by atoms with E-state index >= 15 is 0 Å². The van der Waals surface area contributed by atoms with E-state index < -0.39 is 0 Å². The van der Waals surface area contributed by atoms with Crippen LogP contribution in [0.25, 0.3) is 0 Å². The Bertz CT molecular complexity index is 469. The second kappa shape index (κ2) is 6.77. The molecule has 0 aliphatic carbocycles. The number of rotatable bonds is 4. The first kappa shape index (κ1) is 14.8. The van der Waals surface area contributed by atoms with Crippen molar-refractivity contribution in [3.05, 3.63) is 29.3 Å². The van der Waals surface area contributed by atoms with Crippen molar-refractivity contribution in [1.29, 1.82) is 0 Å². The lowest BCUT2D eigenvalue weighted by Gasteiger charge is -2.36. The van der Waals surface area contributed by atoms with Crippen LogP contribution in [0.3, 0.4) is 0 Å². The highest BCUT2D eigenvalue weighted by molar-refractivity contribution is 5.37. The first-order valence-electron chi connectivity index (χ1n) is 8.48. The Morgan fingerprint density at radius 1 is 1.24 bits per heavy atom. The number of fused-ring (bicyclic) bond motifs is 1. The second-order valence-electron chi connectivity index (χ2n) is 6.50. The number of nitrogens with one attached hydrogen (secondary N) is 2. The average molecular weight is 292 g/mol. The van der Waals surface area contributed by atoms with E-state index in [1.54, 1.807) is 22.5 Å². The maximum Gasteiger partial charge on any atom is 0.163 e. The second-order valence-corrected chi connectivity index (χ2v) is 6.50. The van der Waals surface area contributed by atoms with Crippen LogP contribution in [0.4, 0.5) is 0 Å². The molecule has 1 aromatic carbocycles. The predicted octanol–water partition coefficient (Wildman–Crippen LogP) is -1.99. The van der Waals surface area contributed by atoms with Crippen LogP contribution in [0.15, 0.2) is 18.2 Å². The summed E-state index contributed by atoms with van der Waals surface area (Å²) in [6.45, 7) is 11.3. The van der Waals surface area contributed by atoms with Gasteiger partial charge in [-0.15, -0.1) is 0 Å². The molecule has 0 radical (unpaired) electrons. The Kier molecular flexibility index (Phi) is 4.78. The highest BCUT2D eigenvalue weighted by Crippen LogP contribution is 2.22. The van der Waals surface area contributed by atoms with Gasteiger partial charge in [-0.3, -0.25) is 0 Å². The Morgan fingerprint density at radius 2 is 2.05 bits per heavy atom. The molecular formula is C17H30N3O+3. The van der Waals surface area contributed by atoms with Crippen LogP contribution in [0.5, 0.6) is 5.75 Å². The summed E-state index contributed by atoms with van der Waals surface area (Å²) in [5.41, 5.74) is 3.04. The van der Waals surface area contributed by atoms with Crippen molar-refractivity contribution in [3.63, 3.8) is 0 Å². The van der Waals surface area contributed by atoms with Crippen LogP contribution >= 0.6 is 0 Å². The Hall–Kier alpha value is -1.10. The minimum Gasteiger partial charge on any atom is -0.497 e. The molecule has 0 unspecified atom stereocenters. The third kappa shape index (κ3) is 3.23. The lowest BCUT2D eigenvalue weighted by molar-refractivity contribution is -1.03. The van der Waals surface area contributed by atoms with Gasteiger partial charge in [0.25, 0.3) is 0 Å². The number of ether oxygens (including phenoxy) is 1. The topological polar surface area (TPSA) is 34.7 Å². The summed E-state index contributed by atoms with van der Waals surface area (Å²) in [5.74, 6) is 0.995. The number of methoxy groups -OCH3 is 1. The Balaban J connectivity index is 1.71. The van der Waals surface area contributed by atoms with Crippen LogP contribution < -0.4 is 19.9 Å². The number of benzene rings is 1. The number of hydrogen-bond donors (Lipinski definition) is 3. The number of hydrogen-bond acceptors (Lipinski definition) is 1. The largest absolute Gasteiger partial charge is 0.497 e. The molecule has 1 saturated heterocycles. The van der Waals surface area contributed by atoms with Crippen molar-refractivity contribution < 1.29 is 19.9 Å². The summed E-state index contributed by atoms with van der Waals surface area (Å²) in [6, 6.07) is 7.35. The van der Waals surface area contributed by atoms with E-state index in [9.17, 15) is 0 Å². The normalized spacial score (nSPS) is 29.0. The Labute approximate surface area is 128 Å². The minimum absolute atomic E-state index is 0.669. The van der Waals surface area contributed by atoms with E-state index in [2.05, 4.69) is 30.4 Å². The highest BCUT2D eigenvalue weighted by Gasteiger charge is 2.35. The van der Waals surface area contributed by atoms with Gasteiger partial charge in [0.2, 0.25) is 0 Å². The van der Waals surface area contributed by atoms with Crippen molar-refractivity contribution in [2.24, 2.45) is 0 Å². The quantitative estimate of drug-likeness (QED) is 0.590. The summed E-state index contributed by atoms with van der Waals surface area (Å²) < 4.78 is 5.38. The maximum atomic E-state index is 5.38. The van der Waals surface area contributed by atoms with Gasteiger partial charge >= 0.3 is 0 Å². The molecule has 1 aromatic rings. The molecule has 1 atom stereocenters. The van der Waals surface area contributed by atoms with Crippen LogP contribution in [0.2, 0.25) is 0 Å². The first-order valence-corrected chi connectivity index (χ1v) is 8.48. The van der Waals surface area contributed by atoms with Gasteiger partial charge in [0.15, 0.2) is 6.04 Å². The van der Waals surface area contributed by atoms with Crippen LogP contribution in [-0.2, 0) is 6.54 Å². The van der Waals surface area contributed by atoms with Crippen molar-refractivity contribution in [1.82, 2.24) is 0 Å². The average Bonchev–Trinajstić information content (AvgIpc) is 2.55. The molecule has 1 fully saturated rings. The number of nitrogens with two attached hydrogens (primary N) is 1. The van der Waals surface area contributed by atoms with Crippen LogP contribution in [-0.4, -0.2) is 46.4 Å². The number of piperazine rings is 1. The molecular weight excluding hydrogens is 262 g/mol. The molecule has 4 N–H and O–H groups in total. The van der Waals surface area contributed by atoms with E-state index in [0.717, 1.165) is 12.3 Å². The first-order chi connectivity index (χ1) is 10.3. The third-order valence-corrected chi connectivity index (χ3v) is 5.19. The van der Waals surface area contributed by atoms with Gasteiger partial charge in [-0.2, -0.15) is 0 Å². The zero-order valence-corrected chi connectivity index (χ0v) is 13.5. The van der Waals surface area contributed by atoms with Gasteiger partial charge in [-0.25, -0.2) is 0 Å². The predicted molar refractivity (Wildman–Crippen MR) is 82.8 cm³/mol. The fourth-order valence-corrected chi connectivity index (χ4v) is 4.02. The zero-order chi connectivity index (χ0) is 14.7. The monoisotopic (exact) mass is 292 g/mol. The molecule has 0 bridgehead atoms. The molecule has 2 aliphatic heterocycles. The molecule has 0 aromatic heterocycles. The third-order valence-electron chi connectivity index (χ3n) is 5.19. The van der Waals surface area contributed by atoms with E-state index in [1.807, 2.05) is 0 Å². The highest BCUT2D eigenvalue weighted by atomic mass is 16.5. The molecule has 3 rings (SSSR count). The van der Waals surface area contributed by atoms with E-state index in [1.165, 1.54) is 51.3 Å². The molecule has 2 heterocycles. The number of quaternary nitrogens is 3. The molecule has 4 heteroatoms. The maximum absolute atomic E-state index is 5.38. The van der Waals surface area contributed by atoms with Crippen molar-refractivity contribution in [2.75, 3.05) is 46.4 Å². The van der Waals surface area contributed by atoms with Gasteiger partial charge in [-0.1, -0.05) is 6.92 Å². The lowest BCUT2D eigenvalue weighted by atomic mass is 9.94. The molecule has 21 heavy (non-hydrogen) atoms. The smallest absolute Gasteiger partial charge is 0.163 e. The molecule has 0 amide bonds. The fraction of sp³-hybridized carbons (Fsp3) is 0.647. The van der Waals surface area contributed by atoms with Crippen LogP contribution in [0, 0.1) is 0 Å². The standard InChI is InChI=1S/C17H27N3O/c1-3-6-19-7-9-20(10-8-19)17-13-18-12-14-11-15(21-2)4-5-16(14)17/h4-5,11,17-18H,3,6-10,12-13H2,1-2H3/p+3/t17-/m0/s1. The molecule has 116 valence electrons. The van der Waals surface area contributed by atoms with Gasteiger partial charge in [0.05, 0.1) is 13.7 Å². The van der Waals surface area contributed by atoms with Crippen molar-refractivity contribution in [3.8, 4) is 5.75 Å². The van der Waals surface area contributed by atoms with E-state index in [4.69, 9.17) is 4.74 Å². The zero-order valence-electron chi connectivity index (χ0n) is 13.5. The summed E-state index contributed by atoms with van der Waals surface area (Å²) >= 11 is 0. The van der Waals surface area contributed by atoms with Gasteiger partial charge in [0, 0.05) is 11.1 Å². The van der Waals surface area contributed by atoms with Crippen molar-refractivity contribution in [2.45, 2.75) is 25.9 Å². The summed E-state index contributed by atoms with van der Waals surface area (Å²) in [7, 11) is 1.76. The molecule has 0 spiro atoms. The van der Waals surface area contributed by atoms with E-state index in [0.29, 0.717) is 6.04 Å². The fourth-order valence-electron chi connectivity index (χ4n) is 4.02. The summed E-state index contributed by atoms with van der Waals surface area (Å²) in [4.78, 5) is 3.59. The molecule has 2 aliphatic rings. The minimum atomic E-state index is 0.669. The van der Waals surface area contributed by atoms with Gasteiger partial charge < -0.3 is 19.9 Å². The van der Waals surface area contributed by atoms with Gasteiger partial charge in [-0.05, 0) is 24.6 Å². The Morgan fingerprint density at radius 3 is 2.76 bits per heavy atom. The summed E-state index contributed by atoms with van der Waals surface area (Å²) in [6.07, 6.45) is 1.31. The molecule has 4 nitrogen and oxygen atoms in total. The van der Waals surface area contributed by atoms with E-state index in [-0.39, 0.29) is 0 Å². The van der Waals surface area contributed by atoms with Crippen LogP contribution in [0.1, 0.15) is 30.5 Å².